The second-order valence-corrected chi connectivity index (χ2v) is 7.24. The van der Waals surface area contributed by atoms with E-state index in [4.69, 9.17) is 0 Å². The van der Waals surface area contributed by atoms with Crippen LogP contribution in [0.25, 0.3) is 10.9 Å². The molecule has 1 heterocycles. The van der Waals surface area contributed by atoms with Crippen LogP contribution < -0.4 is 0 Å². The summed E-state index contributed by atoms with van der Waals surface area (Å²) in [6.07, 6.45) is 2.99. The van der Waals surface area contributed by atoms with Crippen molar-refractivity contribution in [3.8, 4) is 0 Å². The van der Waals surface area contributed by atoms with Crippen LogP contribution in [0.2, 0.25) is 0 Å². The largest absolute Gasteiger partial charge is 0.478 e. The molecule has 1 aliphatic carbocycles. The zero-order valence-electron chi connectivity index (χ0n) is 11.9. The highest BCUT2D eigenvalue weighted by Gasteiger charge is 2.48. The lowest BCUT2D eigenvalue weighted by atomic mass is 10.0. The molecule has 0 spiro atoms. The van der Waals surface area contributed by atoms with Crippen molar-refractivity contribution >= 4 is 27.6 Å². The molecule has 6 heteroatoms. The summed E-state index contributed by atoms with van der Waals surface area (Å²) < 4.78 is 24.2. The Bertz CT molecular complexity index is 804. The number of rotatable bonds is 4. The van der Waals surface area contributed by atoms with Gasteiger partial charge in [0.2, 0.25) is 0 Å². The van der Waals surface area contributed by atoms with Gasteiger partial charge in [0.1, 0.15) is 10.7 Å². The van der Waals surface area contributed by atoms with Crippen molar-refractivity contribution in [2.24, 2.45) is 0 Å². The number of benzene rings is 1. The molecule has 0 radical (unpaired) electrons. The van der Waals surface area contributed by atoms with E-state index in [0.29, 0.717) is 23.8 Å². The molecule has 1 aliphatic rings. The number of aromatic nitrogens is 1. The third-order valence-electron chi connectivity index (χ3n) is 4.24. The first-order chi connectivity index (χ1) is 9.86. The zero-order chi connectivity index (χ0) is 15.4. The topological polar surface area (TPSA) is 76.4 Å². The second kappa shape index (κ2) is 4.59. The third-order valence-corrected chi connectivity index (χ3v) is 5.64. The van der Waals surface area contributed by atoms with E-state index < -0.39 is 21.4 Å². The number of hydrogen-bond donors (Lipinski definition) is 2. The Morgan fingerprint density at radius 2 is 2.00 bits per heavy atom. The summed E-state index contributed by atoms with van der Waals surface area (Å²) in [6.45, 7) is 4.01. The first-order valence-corrected chi connectivity index (χ1v) is 8.07. The SMILES string of the molecule is CC(C)n1ccc2c(C(=O)O)cc(C3([SH](=O)=O)CC3)cc21. The number of aromatic carboxylic acids is 1. The maximum absolute atomic E-state index is 11.5. The minimum atomic E-state index is -2.61. The molecule has 0 atom stereocenters. The van der Waals surface area contributed by atoms with Crippen LogP contribution in [0, 0.1) is 0 Å². The van der Waals surface area contributed by atoms with Crippen LogP contribution in [0.3, 0.4) is 0 Å². The minimum Gasteiger partial charge on any atom is -0.478 e. The Labute approximate surface area is 124 Å². The molecule has 3 rings (SSSR count). The van der Waals surface area contributed by atoms with Gasteiger partial charge in [0.25, 0.3) is 0 Å². The molecule has 0 bridgehead atoms. The highest BCUT2D eigenvalue weighted by atomic mass is 32.2. The van der Waals surface area contributed by atoms with Gasteiger partial charge in [-0.1, -0.05) is 0 Å². The van der Waals surface area contributed by atoms with E-state index >= 15 is 0 Å². The van der Waals surface area contributed by atoms with Crippen LogP contribution in [0.15, 0.2) is 24.4 Å². The number of carboxylic acid groups (broad SMARTS) is 1. The molecule has 0 aliphatic heterocycles. The van der Waals surface area contributed by atoms with Crippen LogP contribution in [0.4, 0.5) is 0 Å². The van der Waals surface area contributed by atoms with Crippen molar-refractivity contribution in [3.05, 3.63) is 35.5 Å². The van der Waals surface area contributed by atoms with E-state index in [9.17, 15) is 18.3 Å². The van der Waals surface area contributed by atoms with Crippen LogP contribution in [0.1, 0.15) is 48.7 Å². The number of fused-ring (bicyclic) bond motifs is 1. The molecule has 1 aromatic carbocycles. The Morgan fingerprint density at radius 1 is 1.33 bits per heavy atom. The van der Waals surface area contributed by atoms with Gasteiger partial charge in [-0.25, -0.2) is 13.2 Å². The lowest BCUT2D eigenvalue weighted by Gasteiger charge is -2.14. The fourth-order valence-electron chi connectivity index (χ4n) is 2.85. The monoisotopic (exact) mass is 307 g/mol. The maximum Gasteiger partial charge on any atom is 0.336 e. The Hall–Kier alpha value is -1.82. The first kappa shape index (κ1) is 14.1. The third kappa shape index (κ3) is 2.05. The molecular weight excluding hydrogens is 290 g/mol. The Balaban J connectivity index is 2.33. The summed E-state index contributed by atoms with van der Waals surface area (Å²) in [5, 5.41) is 10.1. The van der Waals surface area contributed by atoms with Crippen molar-refractivity contribution in [2.45, 2.75) is 37.5 Å². The van der Waals surface area contributed by atoms with Gasteiger partial charge >= 0.3 is 5.97 Å². The standard InChI is InChI=1S/C15H17NO4S/c1-9(2)16-6-3-11-12(14(17)18)7-10(8-13(11)16)15(4-5-15)21(19)20/h3,6-9,21H,4-5H2,1-2H3,(H,17,18). The van der Waals surface area contributed by atoms with Gasteiger partial charge in [-0.3, -0.25) is 0 Å². The molecule has 1 saturated carbocycles. The number of carboxylic acids is 1. The Kier molecular flexibility index (Phi) is 3.09. The molecule has 0 unspecified atom stereocenters. The molecule has 5 nitrogen and oxygen atoms in total. The fraction of sp³-hybridized carbons (Fsp3) is 0.400. The van der Waals surface area contributed by atoms with Gasteiger partial charge in [-0.15, -0.1) is 0 Å². The molecular formula is C15H17NO4S. The van der Waals surface area contributed by atoms with Crippen molar-refractivity contribution in [1.29, 1.82) is 0 Å². The van der Waals surface area contributed by atoms with Crippen molar-refractivity contribution in [1.82, 2.24) is 4.57 Å². The molecule has 112 valence electrons. The summed E-state index contributed by atoms with van der Waals surface area (Å²) >= 11 is 0. The van der Waals surface area contributed by atoms with Crippen molar-refractivity contribution in [3.63, 3.8) is 0 Å². The molecule has 1 N–H and O–H groups in total. The van der Waals surface area contributed by atoms with Crippen LogP contribution in [-0.4, -0.2) is 24.1 Å². The van der Waals surface area contributed by atoms with Crippen molar-refractivity contribution in [2.75, 3.05) is 0 Å². The smallest absolute Gasteiger partial charge is 0.336 e. The lowest BCUT2D eigenvalue weighted by Crippen LogP contribution is -2.11. The number of nitrogens with zero attached hydrogens (tertiary/aromatic N) is 1. The first-order valence-electron chi connectivity index (χ1n) is 6.90. The van der Waals surface area contributed by atoms with Crippen LogP contribution >= 0.6 is 0 Å². The van der Waals surface area contributed by atoms with E-state index in [1.165, 1.54) is 6.07 Å². The van der Waals surface area contributed by atoms with Gasteiger partial charge in [0, 0.05) is 23.1 Å². The van der Waals surface area contributed by atoms with Crippen LogP contribution in [-0.2, 0) is 15.5 Å². The van der Waals surface area contributed by atoms with Crippen LogP contribution in [0.5, 0.6) is 0 Å². The highest BCUT2D eigenvalue weighted by molar-refractivity contribution is 7.74. The molecule has 0 amide bonds. The fourth-order valence-corrected chi connectivity index (χ4v) is 3.67. The maximum atomic E-state index is 11.5. The van der Waals surface area contributed by atoms with E-state index in [-0.39, 0.29) is 11.6 Å². The quantitative estimate of drug-likeness (QED) is 0.851. The molecule has 1 fully saturated rings. The van der Waals surface area contributed by atoms with Gasteiger partial charge in [-0.2, -0.15) is 0 Å². The van der Waals surface area contributed by atoms with E-state index in [0.717, 1.165) is 5.52 Å². The van der Waals surface area contributed by atoms with E-state index in [1.807, 2.05) is 30.7 Å². The van der Waals surface area contributed by atoms with E-state index in [2.05, 4.69) is 0 Å². The molecule has 1 aromatic heterocycles. The van der Waals surface area contributed by atoms with E-state index in [1.54, 1.807) is 6.07 Å². The second-order valence-electron chi connectivity index (χ2n) is 5.87. The number of carbonyl (C=O) groups is 1. The van der Waals surface area contributed by atoms with Gasteiger partial charge in [0.05, 0.1) is 10.3 Å². The lowest BCUT2D eigenvalue weighted by molar-refractivity contribution is 0.0699. The highest BCUT2D eigenvalue weighted by Crippen LogP contribution is 2.50. The van der Waals surface area contributed by atoms with Gasteiger partial charge in [0.15, 0.2) is 0 Å². The average Bonchev–Trinajstić information content (AvgIpc) is 3.11. The van der Waals surface area contributed by atoms with Crippen molar-refractivity contribution < 1.29 is 18.3 Å². The normalized spacial score (nSPS) is 16.8. The zero-order valence-corrected chi connectivity index (χ0v) is 12.8. The summed E-state index contributed by atoms with van der Waals surface area (Å²) in [7, 11) is -2.61. The molecule has 0 saturated heterocycles. The number of hydrogen-bond acceptors (Lipinski definition) is 3. The minimum absolute atomic E-state index is 0.171. The summed E-state index contributed by atoms with van der Waals surface area (Å²) in [6, 6.07) is 5.31. The average molecular weight is 307 g/mol. The summed E-state index contributed by atoms with van der Waals surface area (Å²) in [5.41, 5.74) is 1.55. The summed E-state index contributed by atoms with van der Waals surface area (Å²) in [4.78, 5) is 11.5. The summed E-state index contributed by atoms with van der Waals surface area (Å²) in [5.74, 6) is -1.03. The Morgan fingerprint density at radius 3 is 2.48 bits per heavy atom. The number of thiol groups is 1. The van der Waals surface area contributed by atoms with Gasteiger partial charge < -0.3 is 9.67 Å². The molecule has 21 heavy (non-hydrogen) atoms. The molecule has 2 aromatic rings. The predicted octanol–water partition coefficient (Wildman–Crippen LogP) is 2.52. The van der Waals surface area contributed by atoms with Gasteiger partial charge in [-0.05, 0) is 50.5 Å². The predicted molar refractivity (Wildman–Crippen MR) is 80.5 cm³/mol.